The standard InChI is InChI=1S/C18H17N5O3/c1-3-25-14-6-4-13(5-7-14)15-10-16-18(24)22(8-9-23(16)20-15)11-17-19-12(2)21-26-17/h4-10H,3,11H2,1-2H3. The molecular formula is C18H17N5O3. The Bertz CT molecular complexity index is 1110. The fourth-order valence-corrected chi connectivity index (χ4v) is 2.73. The van der Waals surface area contributed by atoms with Crippen molar-refractivity contribution in [3.63, 3.8) is 0 Å². The SMILES string of the molecule is CCOc1ccc(-c2cc3c(=O)n(Cc4nc(C)no4)ccn3n2)cc1. The summed E-state index contributed by atoms with van der Waals surface area (Å²) in [5.41, 5.74) is 1.94. The Morgan fingerprint density at radius 1 is 1.19 bits per heavy atom. The number of benzene rings is 1. The maximum Gasteiger partial charge on any atom is 0.277 e. The fraction of sp³-hybridized carbons (Fsp3) is 0.222. The van der Waals surface area contributed by atoms with Crippen molar-refractivity contribution in [3.05, 3.63) is 64.8 Å². The molecule has 0 unspecified atom stereocenters. The molecule has 132 valence electrons. The van der Waals surface area contributed by atoms with Crippen LogP contribution in [0.15, 0.2) is 52.0 Å². The van der Waals surface area contributed by atoms with Crippen LogP contribution < -0.4 is 10.3 Å². The summed E-state index contributed by atoms with van der Waals surface area (Å²) < 4.78 is 13.6. The van der Waals surface area contributed by atoms with E-state index in [0.29, 0.717) is 23.8 Å². The van der Waals surface area contributed by atoms with Crippen LogP contribution >= 0.6 is 0 Å². The van der Waals surface area contributed by atoms with Crippen LogP contribution in [0.4, 0.5) is 0 Å². The highest BCUT2D eigenvalue weighted by Gasteiger charge is 2.11. The molecule has 0 saturated carbocycles. The van der Waals surface area contributed by atoms with Crippen LogP contribution in [0, 0.1) is 6.92 Å². The molecule has 0 N–H and O–H groups in total. The molecule has 0 aliphatic heterocycles. The molecule has 0 saturated heterocycles. The molecule has 0 amide bonds. The van der Waals surface area contributed by atoms with Crippen molar-refractivity contribution < 1.29 is 9.26 Å². The minimum Gasteiger partial charge on any atom is -0.494 e. The van der Waals surface area contributed by atoms with Crippen molar-refractivity contribution in [1.29, 1.82) is 0 Å². The highest BCUT2D eigenvalue weighted by Crippen LogP contribution is 2.21. The lowest BCUT2D eigenvalue weighted by Crippen LogP contribution is -2.21. The van der Waals surface area contributed by atoms with Crippen molar-refractivity contribution >= 4 is 5.52 Å². The van der Waals surface area contributed by atoms with Crippen LogP contribution in [-0.2, 0) is 6.54 Å². The van der Waals surface area contributed by atoms with Gasteiger partial charge in [-0.3, -0.25) is 4.79 Å². The number of aromatic nitrogens is 5. The van der Waals surface area contributed by atoms with Gasteiger partial charge < -0.3 is 13.8 Å². The van der Waals surface area contributed by atoms with Crippen LogP contribution in [0.1, 0.15) is 18.6 Å². The first-order chi connectivity index (χ1) is 12.6. The van der Waals surface area contributed by atoms with E-state index in [0.717, 1.165) is 17.0 Å². The molecule has 0 bridgehead atoms. The highest BCUT2D eigenvalue weighted by atomic mass is 16.5. The van der Waals surface area contributed by atoms with E-state index in [-0.39, 0.29) is 12.1 Å². The quantitative estimate of drug-likeness (QED) is 0.548. The Hall–Kier alpha value is -3.42. The summed E-state index contributed by atoms with van der Waals surface area (Å²) in [7, 11) is 0. The molecule has 3 aromatic heterocycles. The molecule has 0 fully saturated rings. The summed E-state index contributed by atoms with van der Waals surface area (Å²) in [5, 5.41) is 8.22. The third-order valence-corrected chi connectivity index (χ3v) is 3.94. The van der Waals surface area contributed by atoms with E-state index in [1.54, 1.807) is 29.9 Å². The van der Waals surface area contributed by atoms with Crippen LogP contribution in [0.2, 0.25) is 0 Å². The van der Waals surface area contributed by atoms with E-state index >= 15 is 0 Å². The number of aryl methyl sites for hydroxylation is 1. The third-order valence-electron chi connectivity index (χ3n) is 3.94. The Kier molecular flexibility index (Phi) is 4.00. The molecule has 0 atom stereocenters. The molecule has 0 aliphatic rings. The second-order valence-corrected chi connectivity index (χ2v) is 5.78. The van der Waals surface area contributed by atoms with Gasteiger partial charge >= 0.3 is 0 Å². The molecule has 8 nitrogen and oxygen atoms in total. The maximum absolute atomic E-state index is 12.7. The first kappa shape index (κ1) is 16.1. The maximum atomic E-state index is 12.7. The van der Waals surface area contributed by atoms with Crippen LogP contribution in [0.3, 0.4) is 0 Å². The summed E-state index contributed by atoms with van der Waals surface area (Å²) in [6.07, 6.45) is 3.39. The first-order valence-corrected chi connectivity index (χ1v) is 8.25. The summed E-state index contributed by atoms with van der Waals surface area (Å²) in [6, 6.07) is 9.39. The lowest BCUT2D eigenvalue weighted by Gasteiger charge is -2.02. The predicted molar refractivity (Wildman–Crippen MR) is 94.2 cm³/mol. The third kappa shape index (κ3) is 2.97. The van der Waals surface area contributed by atoms with Crippen LogP contribution in [-0.4, -0.2) is 30.9 Å². The summed E-state index contributed by atoms with van der Waals surface area (Å²) in [6.45, 7) is 4.52. The van der Waals surface area contributed by atoms with E-state index in [1.165, 1.54) is 4.57 Å². The van der Waals surface area contributed by atoms with Gasteiger partial charge in [-0.1, -0.05) is 5.16 Å². The van der Waals surface area contributed by atoms with E-state index in [9.17, 15) is 4.79 Å². The van der Waals surface area contributed by atoms with Gasteiger partial charge in [0.1, 0.15) is 17.8 Å². The second-order valence-electron chi connectivity index (χ2n) is 5.78. The molecule has 8 heteroatoms. The average Bonchev–Trinajstić information content (AvgIpc) is 3.25. The number of ether oxygens (including phenoxy) is 1. The van der Waals surface area contributed by atoms with E-state index in [2.05, 4.69) is 15.2 Å². The van der Waals surface area contributed by atoms with Gasteiger partial charge in [-0.2, -0.15) is 10.1 Å². The van der Waals surface area contributed by atoms with Crippen molar-refractivity contribution in [3.8, 4) is 17.0 Å². The number of hydrogen-bond donors (Lipinski definition) is 0. The van der Waals surface area contributed by atoms with Gasteiger partial charge in [-0.25, -0.2) is 4.52 Å². The molecule has 0 spiro atoms. The zero-order chi connectivity index (χ0) is 18.1. The summed E-state index contributed by atoms with van der Waals surface area (Å²) in [4.78, 5) is 16.8. The normalized spacial score (nSPS) is 11.2. The van der Waals surface area contributed by atoms with Crippen LogP contribution in [0.5, 0.6) is 5.75 Å². The molecule has 4 aromatic rings. The van der Waals surface area contributed by atoms with E-state index in [4.69, 9.17) is 9.26 Å². The zero-order valence-electron chi connectivity index (χ0n) is 14.4. The Morgan fingerprint density at radius 3 is 2.69 bits per heavy atom. The van der Waals surface area contributed by atoms with Gasteiger partial charge in [-0.15, -0.1) is 0 Å². The lowest BCUT2D eigenvalue weighted by atomic mass is 10.1. The fourth-order valence-electron chi connectivity index (χ4n) is 2.73. The second kappa shape index (κ2) is 6.47. The molecule has 0 aliphatic carbocycles. The van der Waals surface area contributed by atoms with E-state index < -0.39 is 0 Å². The lowest BCUT2D eigenvalue weighted by molar-refractivity contribution is 0.340. The number of fused-ring (bicyclic) bond motifs is 1. The molecular weight excluding hydrogens is 334 g/mol. The van der Waals surface area contributed by atoms with Gasteiger partial charge in [0.25, 0.3) is 5.56 Å². The van der Waals surface area contributed by atoms with Crippen LogP contribution in [0.25, 0.3) is 16.8 Å². The number of nitrogens with zero attached hydrogens (tertiary/aromatic N) is 5. The summed E-state index contributed by atoms with van der Waals surface area (Å²) in [5.74, 6) is 1.73. The number of hydrogen-bond acceptors (Lipinski definition) is 6. The molecule has 4 rings (SSSR count). The zero-order valence-corrected chi connectivity index (χ0v) is 14.4. The van der Waals surface area contributed by atoms with E-state index in [1.807, 2.05) is 31.2 Å². The monoisotopic (exact) mass is 351 g/mol. The van der Waals surface area contributed by atoms with Gasteiger partial charge in [0.05, 0.1) is 12.3 Å². The number of rotatable bonds is 5. The molecule has 3 heterocycles. The molecule has 26 heavy (non-hydrogen) atoms. The van der Waals surface area contributed by atoms with Crippen molar-refractivity contribution in [2.24, 2.45) is 0 Å². The predicted octanol–water partition coefficient (Wildman–Crippen LogP) is 2.30. The van der Waals surface area contributed by atoms with Gasteiger partial charge in [0.15, 0.2) is 5.82 Å². The van der Waals surface area contributed by atoms with Crippen molar-refractivity contribution in [2.45, 2.75) is 20.4 Å². The highest BCUT2D eigenvalue weighted by molar-refractivity contribution is 5.66. The molecule has 1 aromatic carbocycles. The van der Waals surface area contributed by atoms with Gasteiger partial charge in [0.2, 0.25) is 5.89 Å². The van der Waals surface area contributed by atoms with Gasteiger partial charge in [0, 0.05) is 18.0 Å². The summed E-state index contributed by atoms with van der Waals surface area (Å²) >= 11 is 0. The Labute approximate surface area is 148 Å². The van der Waals surface area contributed by atoms with Crippen molar-refractivity contribution in [2.75, 3.05) is 6.61 Å². The van der Waals surface area contributed by atoms with Crippen molar-refractivity contribution in [1.82, 2.24) is 24.3 Å². The minimum atomic E-state index is -0.173. The Balaban J connectivity index is 1.68. The average molecular weight is 351 g/mol. The smallest absolute Gasteiger partial charge is 0.277 e. The molecule has 0 radical (unpaired) electrons. The topological polar surface area (TPSA) is 87.5 Å². The largest absolute Gasteiger partial charge is 0.494 e. The minimum absolute atomic E-state index is 0.173. The Morgan fingerprint density at radius 2 is 2.00 bits per heavy atom. The first-order valence-electron chi connectivity index (χ1n) is 8.25. The van der Waals surface area contributed by atoms with Gasteiger partial charge in [-0.05, 0) is 44.2 Å².